The van der Waals surface area contributed by atoms with Gasteiger partial charge in [-0.25, -0.2) is 14.5 Å². The van der Waals surface area contributed by atoms with E-state index in [0.29, 0.717) is 11.0 Å². The van der Waals surface area contributed by atoms with E-state index in [1.165, 1.54) is 11.8 Å². The Morgan fingerprint density at radius 2 is 2.21 bits per heavy atom. The summed E-state index contributed by atoms with van der Waals surface area (Å²) in [4.78, 5) is 27.2. The molecule has 0 saturated heterocycles. The van der Waals surface area contributed by atoms with Crippen molar-refractivity contribution in [1.29, 1.82) is 0 Å². The highest BCUT2D eigenvalue weighted by Gasteiger charge is 2.20. The number of hydrogen-bond acceptors (Lipinski definition) is 6. The third kappa shape index (κ3) is 2.54. The van der Waals surface area contributed by atoms with E-state index in [1.54, 1.807) is 25.3 Å². The summed E-state index contributed by atoms with van der Waals surface area (Å²) in [7, 11) is 1.29. The van der Waals surface area contributed by atoms with Gasteiger partial charge in [-0.1, -0.05) is 0 Å². The molecule has 0 aromatic carbocycles. The lowest BCUT2D eigenvalue weighted by Crippen LogP contribution is -2.14. The number of carbonyl (C=O) groups excluding carboxylic acids is 2. The number of methoxy groups -OCH3 is 1. The number of rotatable bonds is 4. The minimum Gasteiger partial charge on any atom is -0.468 e. The second-order valence-electron chi connectivity index (χ2n) is 3.68. The molecule has 100 valence electrons. The molecule has 0 aliphatic rings. The van der Waals surface area contributed by atoms with E-state index in [-0.39, 0.29) is 18.8 Å². The molecule has 7 nitrogen and oxygen atoms in total. The van der Waals surface area contributed by atoms with Crippen molar-refractivity contribution in [1.82, 2.24) is 14.8 Å². The smallest absolute Gasteiger partial charge is 0.359 e. The number of fused-ring (bicyclic) bond motifs is 1. The molecule has 2 heterocycles. The van der Waals surface area contributed by atoms with E-state index in [4.69, 9.17) is 4.74 Å². The van der Waals surface area contributed by atoms with Crippen LogP contribution in [0.25, 0.3) is 11.0 Å². The van der Waals surface area contributed by atoms with Crippen LogP contribution in [0.2, 0.25) is 0 Å². The summed E-state index contributed by atoms with van der Waals surface area (Å²) in [5, 5.41) is 4.62. The normalized spacial score (nSPS) is 10.4. The Morgan fingerprint density at radius 3 is 2.89 bits per heavy atom. The molecular formula is C12H13N3O4. The summed E-state index contributed by atoms with van der Waals surface area (Å²) in [5.74, 6) is -1.01. The van der Waals surface area contributed by atoms with Gasteiger partial charge in [-0.05, 0) is 19.1 Å². The Hall–Kier alpha value is -2.44. The van der Waals surface area contributed by atoms with Crippen LogP contribution in [0.1, 0.15) is 17.4 Å². The van der Waals surface area contributed by atoms with Gasteiger partial charge >= 0.3 is 11.9 Å². The molecule has 0 aliphatic carbocycles. The van der Waals surface area contributed by atoms with E-state index in [1.807, 2.05) is 0 Å². The summed E-state index contributed by atoms with van der Waals surface area (Å²) in [6.07, 6.45) is 1.56. The van der Waals surface area contributed by atoms with Crippen molar-refractivity contribution in [3.05, 3.63) is 24.0 Å². The summed E-state index contributed by atoms with van der Waals surface area (Å²) in [6, 6.07) is 3.39. The molecule has 7 heteroatoms. The molecule has 2 rings (SSSR count). The second-order valence-corrected chi connectivity index (χ2v) is 3.68. The molecule has 0 N–H and O–H groups in total. The lowest BCUT2D eigenvalue weighted by molar-refractivity contribution is -0.141. The number of pyridine rings is 1. The molecule has 0 unspecified atom stereocenters. The molecule has 0 fully saturated rings. The van der Waals surface area contributed by atoms with Crippen LogP contribution in [0.5, 0.6) is 0 Å². The fraction of sp³-hybridized carbons (Fsp3) is 0.333. The zero-order valence-electron chi connectivity index (χ0n) is 10.6. The first-order valence-electron chi connectivity index (χ1n) is 5.72. The summed E-state index contributed by atoms with van der Waals surface area (Å²) < 4.78 is 10.8. The van der Waals surface area contributed by atoms with Gasteiger partial charge in [0.2, 0.25) is 0 Å². The molecule has 0 saturated carbocycles. The topological polar surface area (TPSA) is 83.3 Å². The predicted molar refractivity (Wildman–Crippen MR) is 65.5 cm³/mol. The van der Waals surface area contributed by atoms with Gasteiger partial charge < -0.3 is 9.47 Å². The fourth-order valence-electron chi connectivity index (χ4n) is 1.66. The molecule has 0 aliphatic heterocycles. The first kappa shape index (κ1) is 13.0. The first-order valence-corrected chi connectivity index (χ1v) is 5.72. The van der Waals surface area contributed by atoms with Crippen molar-refractivity contribution in [2.75, 3.05) is 13.7 Å². The summed E-state index contributed by atoms with van der Waals surface area (Å²) in [6.45, 7) is 1.86. The van der Waals surface area contributed by atoms with Crippen LogP contribution in [-0.4, -0.2) is 40.4 Å². The Morgan fingerprint density at radius 1 is 1.42 bits per heavy atom. The van der Waals surface area contributed by atoms with Crippen molar-refractivity contribution in [3.63, 3.8) is 0 Å². The number of hydrogen-bond donors (Lipinski definition) is 0. The Balaban J connectivity index is 2.48. The number of esters is 2. The number of nitrogens with zero attached hydrogens (tertiary/aromatic N) is 3. The standard InChI is InChI=1S/C12H13N3O4/c1-3-19-12(17)10-8-5-4-6-13-11(8)15(14-10)7-9(16)18-2/h4-6H,3,7H2,1-2H3. The zero-order valence-corrected chi connectivity index (χ0v) is 10.6. The van der Waals surface area contributed by atoms with E-state index in [2.05, 4.69) is 14.8 Å². The largest absolute Gasteiger partial charge is 0.468 e. The highest BCUT2D eigenvalue weighted by atomic mass is 16.5. The van der Waals surface area contributed by atoms with Gasteiger partial charge in [0.05, 0.1) is 19.1 Å². The quantitative estimate of drug-likeness (QED) is 0.758. The average Bonchev–Trinajstić information content (AvgIpc) is 2.78. The first-order chi connectivity index (χ1) is 9.17. The van der Waals surface area contributed by atoms with E-state index in [0.717, 1.165) is 0 Å². The Labute approximate surface area is 109 Å². The van der Waals surface area contributed by atoms with Crippen molar-refractivity contribution in [2.45, 2.75) is 13.5 Å². The van der Waals surface area contributed by atoms with Crippen LogP contribution in [0.4, 0.5) is 0 Å². The van der Waals surface area contributed by atoms with E-state index >= 15 is 0 Å². The molecule has 0 bridgehead atoms. The molecule has 0 atom stereocenters. The van der Waals surface area contributed by atoms with Crippen LogP contribution in [0, 0.1) is 0 Å². The number of aromatic nitrogens is 3. The third-order valence-electron chi connectivity index (χ3n) is 2.48. The molecule has 0 radical (unpaired) electrons. The summed E-state index contributed by atoms with van der Waals surface area (Å²) in [5.41, 5.74) is 0.588. The maximum Gasteiger partial charge on any atom is 0.359 e. The van der Waals surface area contributed by atoms with Gasteiger partial charge in [0.15, 0.2) is 11.3 Å². The maximum absolute atomic E-state index is 11.8. The lowest BCUT2D eigenvalue weighted by Gasteiger charge is -2.00. The van der Waals surface area contributed by atoms with Gasteiger partial charge in [-0.15, -0.1) is 0 Å². The minimum absolute atomic E-state index is 0.108. The van der Waals surface area contributed by atoms with Gasteiger partial charge in [0.1, 0.15) is 6.54 Å². The molecule has 19 heavy (non-hydrogen) atoms. The van der Waals surface area contributed by atoms with Gasteiger partial charge in [0, 0.05) is 6.20 Å². The number of ether oxygens (including phenoxy) is 2. The van der Waals surface area contributed by atoms with Crippen molar-refractivity contribution < 1.29 is 19.1 Å². The van der Waals surface area contributed by atoms with Crippen LogP contribution < -0.4 is 0 Å². The van der Waals surface area contributed by atoms with Gasteiger partial charge in [-0.3, -0.25) is 4.79 Å². The highest BCUT2D eigenvalue weighted by Crippen LogP contribution is 2.17. The minimum atomic E-state index is -0.538. The van der Waals surface area contributed by atoms with Crippen LogP contribution >= 0.6 is 0 Å². The molecule has 2 aromatic rings. The lowest BCUT2D eigenvalue weighted by atomic mass is 10.2. The molecular weight excluding hydrogens is 250 g/mol. The van der Waals surface area contributed by atoms with Crippen LogP contribution in [0.15, 0.2) is 18.3 Å². The maximum atomic E-state index is 11.8. The second kappa shape index (κ2) is 5.47. The predicted octanol–water partition coefficient (Wildman–Crippen LogP) is 0.781. The van der Waals surface area contributed by atoms with Crippen molar-refractivity contribution >= 4 is 23.0 Å². The molecule has 2 aromatic heterocycles. The van der Waals surface area contributed by atoms with Gasteiger partial charge in [0.25, 0.3) is 0 Å². The Kier molecular flexibility index (Phi) is 3.74. The fourth-order valence-corrected chi connectivity index (χ4v) is 1.66. The zero-order chi connectivity index (χ0) is 13.8. The molecule has 0 amide bonds. The highest BCUT2D eigenvalue weighted by molar-refractivity contribution is 6.01. The monoisotopic (exact) mass is 263 g/mol. The van der Waals surface area contributed by atoms with Crippen molar-refractivity contribution in [3.8, 4) is 0 Å². The SMILES string of the molecule is CCOC(=O)c1nn(CC(=O)OC)c2ncccc12. The van der Waals surface area contributed by atoms with E-state index < -0.39 is 11.9 Å². The third-order valence-corrected chi connectivity index (χ3v) is 2.48. The average molecular weight is 263 g/mol. The van der Waals surface area contributed by atoms with Crippen LogP contribution in [0.3, 0.4) is 0 Å². The number of carbonyl (C=O) groups is 2. The summed E-state index contributed by atoms with van der Waals surface area (Å²) >= 11 is 0. The molecule has 0 spiro atoms. The Bertz CT molecular complexity index is 620. The van der Waals surface area contributed by atoms with Crippen LogP contribution in [-0.2, 0) is 20.8 Å². The van der Waals surface area contributed by atoms with E-state index in [9.17, 15) is 9.59 Å². The van der Waals surface area contributed by atoms with Crippen molar-refractivity contribution in [2.24, 2.45) is 0 Å². The van der Waals surface area contributed by atoms with Gasteiger partial charge in [-0.2, -0.15) is 5.10 Å².